The first-order chi connectivity index (χ1) is 13.8. The molecule has 0 saturated carbocycles. The fourth-order valence-corrected chi connectivity index (χ4v) is 4.93. The SMILES string of the molecule is CCCCCCCCCCC(N)(CCCCCCCCCC)CCC[Si](O)(O)O. The van der Waals surface area contributed by atoms with Gasteiger partial charge in [0.25, 0.3) is 0 Å². The second kappa shape index (κ2) is 18.8. The predicted octanol–water partition coefficient (Wildman–Crippen LogP) is 6.44. The third-order valence-corrected chi connectivity index (χ3v) is 7.27. The van der Waals surface area contributed by atoms with Gasteiger partial charge in [0.2, 0.25) is 0 Å². The molecule has 0 aliphatic rings. The summed E-state index contributed by atoms with van der Waals surface area (Å²) in [6.07, 6.45) is 24.3. The molecule has 0 heterocycles. The molecule has 0 rings (SSSR count). The molecule has 0 saturated heterocycles. The zero-order valence-electron chi connectivity index (χ0n) is 19.8. The lowest BCUT2D eigenvalue weighted by atomic mass is 9.83. The molecule has 0 bridgehead atoms. The Morgan fingerprint density at radius 2 is 0.828 bits per heavy atom. The van der Waals surface area contributed by atoms with E-state index < -0.39 is 8.80 Å². The van der Waals surface area contributed by atoms with Crippen LogP contribution in [-0.2, 0) is 0 Å². The minimum atomic E-state index is -3.93. The van der Waals surface area contributed by atoms with Gasteiger partial charge in [-0.1, -0.05) is 117 Å². The van der Waals surface area contributed by atoms with Crippen molar-refractivity contribution in [1.29, 1.82) is 0 Å². The summed E-state index contributed by atoms with van der Waals surface area (Å²) in [5.41, 5.74) is 6.55. The van der Waals surface area contributed by atoms with Crippen LogP contribution in [0, 0.1) is 0 Å². The molecule has 4 nitrogen and oxygen atoms in total. The molecule has 0 fully saturated rings. The quantitative estimate of drug-likeness (QED) is 0.117. The van der Waals surface area contributed by atoms with Crippen LogP contribution in [0.3, 0.4) is 0 Å². The van der Waals surface area contributed by atoms with Crippen LogP contribution >= 0.6 is 0 Å². The monoisotopic (exact) mass is 431 g/mol. The van der Waals surface area contributed by atoms with Crippen molar-refractivity contribution in [2.75, 3.05) is 0 Å². The predicted molar refractivity (Wildman–Crippen MR) is 128 cm³/mol. The van der Waals surface area contributed by atoms with Crippen molar-refractivity contribution in [3.63, 3.8) is 0 Å². The van der Waals surface area contributed by atoms with Crippen molar-refractivity contribution < 1.29 is 14.4 Å². The Kier molecular flexibility index (Phi) is 18.8. The van der Waals surface area contributed by atoms with Gasteiger partial charge in [-0.2, -0.15) is 0 Å². The summed E-state index contributed by atoms with van der Waals surface area (Å²) in [6, 6.07) is 0.112. The molecular formula is C24H53NO3Si. The van der Waals surface area contributed by atoms with Crippen molar-refractivity contribution in [3.05, 3.63) is 0 Å². The summed E-state index contributed by atoms with van der Waals surface area (Å²) in [4.78, 5) is 27.9. The molecule has 0 aliphatic heterocycles. The van der Waals surface area contributed by atoms with Crippen molar-refractivity contribution >= 4 is 8.80 Å². The minimum absolute atomic E-state index is 0.112. The van der Waals surface area contributed by atoms with E-state index in [0.29, 0.717) is 6.42 Å². The van der Waals surface area contributed by atoms with E-state index in [0.717, 1.165) is 19.3 Å². The fraction of sp³-hybridized carbons (Fsp3) is 1.00. The topological polar surface area (TPSA) is 86.7 Å². The molecular weight excluding hydrogens is 378 g/mol. The van der Waals surface area contributed by atoms with Crippen LogP contribution in [0.25, 0.3) is 0 Å². The lowest BCUT2D eigenvalue weighted by Gasteiger charge is -2.30. The van der Waals surface area contributed by atoms with E-state index in [-0.39, 0.29) is 11.6 Å². The van der Waals surface area contributed by atoms with Crippen molar-refractivity contribution in [2.45, 2.75) is 154 Å². The average molecular weight is 432 g/mol. The molecule has 5 heteroatoms. The van der Waals surface area contributed by atoms with Gasteiger partial charge in [0.15, 0.2) is 0 Å². The van der Waals surface area contributed by atoms with Gasteiger partial charge in [0.05, 0.1) is 0 Å². The number of hydrogen-bond donors (Lipinski definition) is 4. The van der Waals surface area contributed by atoms with Gasteiger partial charge in [-0.15, -0.1) is 0 Å². The van der Waals surface area contributed by atoms with Gasteiger partial charge in [0.1, 0.15) is 0 Å². The molecule has 0 aliphatic carbocycles. The third kappa shape index (κ3) is 21.1. The first kappa shape index (κ1) is 29.1. The highest BCUT2D eigenvalue weighted by atomic mass is 28.4. The first-order valence-corrected chi connectivity index (χ1v) is 14.8. The van der Waals surface area contributed by atoms with E-state index in [1.54, 1.807) is 0 Å². The van der Waals surface area contributed by atoms with Gasteiger partial charge in [-0.25, -0.2) is 0 Å². The molecule has 5 N–H and O–H groups in total. The summed E-state index contributed by atoms with van der Waals surface area (Å²) in [5.74, 6) is 0. The van der Waals surface area contributed by atoms with E-state index in [4.69, 9.17) is 5.73 Å². The molecule has 0 aromatic carbocycles. The lowest BCUT2D eigenvalue weighted by Crippen LogP contribution is -2.41. The van der Waals surface area contributed by atoms with Gasteiger partial charge < -0.3 is 20.1 Å². The Bertz CT molecular complexity index is 328. The van der Waals surface area contributed by atoms with Crippen LogP contribution in [0.2, 0.25) is 6.04 Å². The Balaban J connectivity index is 4.08. The number of unbranched alkanes of at least 4 members (excludes halogenated alkanes) is 14. The van der Waals surface area contributed by atoms with Gasteiger partial charge in [-0.05, 0) is 25.7 Å². The van der Waals surface area contributed by atoms with Gasteiger partial charge in [-0.3, -0.25) is 0 Å². The zero-order valence-corrected chi connectivity index (χ0v) is 20.8. The average Bonchev–Trinajstić information content (AvgIpc) is 2.65. The van der Waals surface area contributed by atoms with E-state index in [1.165, 1.54) is 103 Å². The molecule has 0 aromatic heterocycles. The summed E-state index contributed by atoms with van der Waals surface area (Å²) in [5, 5.41) is 0. The molecule has 0 unspecified atom stereocenters. The highest BCUT2D eigenvalue weighted by molar-refractivity contribution is 6.56. The molecule has 0 radical (unpaired) electrons. The standard InChI is InChI=1S/C24H53NO3Si/c1-3-5-7-9-11-13-15-17-20-24(25,22-19-23-29(26,27)28)21-18-16-14-12-10-8-6-4-2/h26-28H,3-23,25H2,1-2H3. The van der Waals surface area contributed by atoms with E-state index in [2.05, 4.69) is 13.8 Å². The normalized spacial score (nSPS) is 12.6. The summed E-state index contributed by atoms with van der Waals surface area (Å²) < 4.78 is 0. The summed E-state index contributed by atoms with van der Waals surface area (Å²) in [7, 11) is -3.93. The maximum absolute atomic E-state index is 9.29. The molecule has 0 atom stereocenters. The van der Waals surface area contributed by atoms with E-state index in [9.17, 15) is 14.4 Å². The maximum atomic E-state index is 9.29. The number of rotatable bonds is 22. The molecule has 0 aromatic rings. The molecule has 29 heavy (non-hydrogen) atoms. The van der Waals surface area contributed by atoms with Crippen molar-refractivity contribution in [2.24, 2.45) is 5.73 Å². The summed E-state index contributed by atoms with van der Waals surface area (Å²) >= 11 is 0. The van der Waals surface area contributed by atoms with E-state index >= 15 is 0 Å². The maximum Gasteiger partial charge on any atom is 0.492 e. The largest absolute Gasteiger partial charge is 0.492 e. The molecule has 176 valence electrons. The van der Waals surface area contributed by atoms with Crippen LogP contribution in [-0.4, -0.2) is 28.7 Å². The van der Waals surface area contributed by atoms with Gasteiger partial charge in [0, 0.05) is 11.6 Å². The van der Waals surface area contributed by atoms with Gasteiger partial charge >= 0.3 is 8.80 Å². The second-order valence-electron chi connectivity index (χ2n) is 9.44. The minimum Gasteiger partial charge on any atom is -0.390 e. The fourth-order valence-electron chi connectivity index (χ4n) is 4.27. The van der Waals surface area contributed by atoms with Crippen LogP contribution in [0.4, 0.5) is 0 Å². The number of hydrogen-bond acceptors (Lipinski definition) is 4. The highest BCUT2D eigenvalue weighted by Crippen LogP contribution is 2.27. The second-order valence-corrected chi connectivity index (χ2v) is 11.5. The first-order valence-electron chi connectivity index (χ1n) is 12.8. The van der Waals surface area contributed by atoms with Crippen molar-refractivity contribution in [3.8, 4) is 0 Å². The Morgan fingerprint density at radius 3 is 1.17 bits per heavy atom. The Labute approximate surface area is 183 Å². The molecule has 0 amide bonds. The van der Waals surface area contributed by atoms with Crippen molar-refractivity contribution in [1.82, 2.24) is 0 Å². The Morgan fingerprint density at radius 1 is 0.517 bits per heavy atom. The smallest absolute Gasteiger partial charge is 0.390 e. The zero-order chi connectivity index (χ0) is 21.8. The third-order valence-electron chi connectivity index (χ3n) is 6.24. The molecule has 0 spiro atoms. The summed E-state index contributed by atoms with van der Waals surface area (Å²) in [6.45, 7) is 4.51. The highest BCUT2D eigenvalue weighted by Gasteiger charge is 2.29. The van der Waals surface area contributed by atoms with Crippen LogP contribution < -0.4 is 5.73 Å². The van der Waals surface area contributed by atoms with E-state index in [1.807, 2.05) is 0 Å². The van der Waals surface area contributed by atoms with Crippen LogP contribution in [0.5, 0.6) is 0 Å². The number of nitrogens with two attached hydrogens (primary N) is 1. The van der Waals surface area contributed by atoms with Crippen LogP contribution in [0.15, 0.2) is 0 Å². The van der Waals surface area contributed by atoms with Crippen LogP contribution in [0.1, 0.15) is 142 Å². The Hall–Kier alpha value is 0.0569. The lowest BCUT2D eigenvalue weighted by molar-refractivity contribution is 0.221.